The van der Waals surface area contributed by atoms with Gasteiger partial charge in [0.05, 0.1) is 18.5 Å². The van der Waals surface area contributed by atoms with Crippen LogP contribution in [0.5, 0.6) is 5.75 Å². The zero-order valence-corrected chi connectivity index (χ0v) is 21.0. The summed E-state index contributed by atoms with van der Waals surface area (Å²) in [4.78, 5) is 16.9. The van der Waals surface area contributed by atoms with Crippen molar-refractivity contribution < 1.29 is 22.3 Å². The van der Waals surface area contributed by atoms with E-state index in [0.717, 1.165) is 0 Å². The van der Waals surface area contributed by atoms with E-state index in [9.17, 15) is 17.6 Å². The summed E-state index contributed by atoms with van der Waals surface area (Å²) in [5, 5.41) is -0.754. The maximum absolute atomic E-state index is 14.2. The molecule has 4 rings (SSSR count). The Balaban J connectivity index is 1.53. The normalized spacial score (nSPS) is 22.8. The molecule has 35 heavy (non-hydrogen) atoms. The minimum Gasteiger partial charge on any atom is -0.497 e. The van der Waals surface area contributed by atoms with E-state index in [-0.39, 0.29) is 30.4 Å². The average Bonchev–Trinajstić information content (AvgIpc) is 3.21. The summed E-state index contributed by atoms with van der Waals surface area (Å²) < 4.78 is 48.2. The van der Waals surface area contributed by atoms with Gasteiger partial charge in [-0.3, -0.25) is 20.0 Å². The van der Waals surface area contributed by atoms with Crippen molar-refractivity contribution in [1.82, 2.24) is 15.8 Å². The predicted molar refractivity (Wildman–Crippen MR) is 133 cm³/mol. The van der Waals surface area contributed by atoms with E-state index in [0.29, 0.717) is 43.3 Å². The number of carbonyl (C=O) groups excluding carboxylic acids is 1. The van der Waals surface area contributed by atoms with Gasteiger partial charge in [-0.15, -0.1) is 0 Å². The van der Waals surface area contributed by atoms with Crippen molar-refractivity contribution in [1.29, 1.82) is 0 Å². The lowest BCUT2D eigenvalue weighted by atomic mass is 10.2. The maximum atomic E-state index is 14.2. The molecule has 1 amide bonds. The number of sulfonamides is 1. The first-order valence-corrected chi connectivity index (χ1v) is 13.2. The lowest BCUT2D eigenvalue weighted by molar-refractivity contribution is -0.129. The number of hydrogen-bond acceptors (Lipinski definition) is 7. The van der Waals surface area contributed by atoms with Crippen LogP contribution in [-0.2, 0) is 14.8 Å². The molecule has 0 bridgehead atoms. The molecule has 0 aromatic heterocycles. The van der Waals surface area contributed by atoms with E-state index in [1.165, 1.54) is 17.5 Å². The number of hydrazine groups is 1. The van der Waals surface area contributed by atoms with Gasteiger partial charge < -0.3 is 14.5 Å². The Labute approximate surface area is 205 Å². The van der Waals surface area contributed by atoms with Crippen molar-refractivity contribution in [2.75, 3.05) is 49.0 Å². The number of amides is 1. The minimum absolute atomic E-state index is 0.295. The quantitative estimate of drug-likeness (QED) is 0.590. The lowest BCUT2D eigenvalue weighted by Crippen LogP contribution is -2.54. The smallest absolute Gasteiger partial charge is 0.243 e. The molecule has 2 fully saturated rings. The molecule has 2 N–H and O–H groups in total. The summed E-state index contributed by atoms with van der Waals surface area (Å²) in [6.07, 6.45) is 0. The minimum atomic E-state index is -3.90. The van der Waals surface area contributed by atoms with Crippen molar-refractivity contribution in [3.8, 4) is 5.75 Å². The van der Waals surface area contributed by atoms with Crippen LogP contribution in [0.15, 0.2) is 48.5 Å². The Morgan fingerprint density at radius 1 is 1.03 bits per heavy atom. The van der Waals surface area contributed by atoms with E-state index in [1.54, 1.807) is 61.2 Å². The highest BCUT2D eigenvalue weighted by Crippen LogP contribution is 2.28. The maximum Gasteiger partial charge on any atom is 0.243 e. The highest BCUT2D eigenvalue weighted by Gasteiger charge is 2.44. The van der Waals surface area contributed by atoms with Crippen LogP contribution in [0.4, 0.5) is 15.8 Å². The number of methoxy groups -OCH3 is 1. The molecule has 2 aromatic rings. The Kier molecular flexibility index (Phi) is 7.48. The van der Waals surface area contributed by atoms with Gasteiger partial charge in [-0.1, -0.05) is 12.1 Å². The Hall–Kier alpha value is -2.89. The van der Waals surface area contributed by atoms with Gasteiger partial charge >= 0.3 is 0 Å². The van der Waals surface area contributed by atoms with Crippen LogP contribution in [0.25, 0.3) is 0 Å². The highest BCUT2D eigenvalue weighted by molar-refractivity contribution is 7.93. The van der Waals surface area contributed by atoms with Gasteiger partial charge in [-0.2, -0.15) is 0 Å². The number of ether oxygens (including phenoxy) is 1. The monoisotopic (exact) mass is 505 g/mol. The Morgan fingerprint density at radius 3 is 2.20 bits per heavy atom. The van der Waals surface area contributed by atoms with Gasteiger partial charge in [-0.25, -0.2) is 12.8 Å². The summed E-state index contributed by atoms with van der Waals surface area (Å²) >= 11 is 0. The van der Waals surface area contributed by atoms with Gasteiger partial charge in [0.15, 0.2) is 0 Å². The molecule has 0 saturated carbocycles. The van der Waals surface area contributed by atoms with Crippen LogP contribution in [0, 0.1) is 5.82 Å². The second-order valence-corrected chi connectivity index (χ2v) is 10.9. The number of nitrogens with zero attached hydrogens (tertiary/aromatic N) is 3. The zero-order valence-electron chi connectivity index (χ0n) is 20.1. The number of para-hydroxylation sites is 1. The van der Waals surface area contributed by atoms with Gasteiger partial charge in [0.1, 0.15) is 23.4 Å². The zero-order chi connectivity index (χ0) is 25.2. The van der Waals surface area contributed by atoms with E-state index in [4.69, 9.17) is 4.74 Å². The van der Waals surface area contributed by atoms with Gasteiger partial charge in [0.25, 0.3) is 0 Å². The summed E-state index contributed by atoms with van der Waals surface area (Å²) in [6, 6.07) is 12.5. The van der Waals surface area contributed by atoms with Crippen LogP contribution in [-0.4, -0.2) is 76.4 Å². The van der Waals surface area contributed by atoms with Crippen LogP contribution >= 0.6 is 0 Å². The first kappa shape index (κ1) is 25.2. The third-order valence-corrected chi connectivity index (χ3v) is 9.10. The average molecular weight is 506 g/mol. The van der Waals surface area contributed by atoms with E-state index >= 15 is 0 Å². The predicted octanol–water partition coefficient (Wildman–Crippen LogP) is 1.57. The second kappa shape index (κ2) is 10.4. The number of rotatable bonds is 7. The Morgan fingerprint density at radius 2 is 1.63 bits per heavy atom. The van der Waals surface area contributed by atoms with Crippen LogP contribution in [0.3, 0.4) is 0 Å². The topological polar surface area (TPSA) is 94.2 Å². The molecule has 190 valence electrons. The number of carbonyl (C=O) groups is 1. The Bertz CT molecular complexity index is 1130. The fraction of sp³-hybridized carbons (Fsp3) is 0.458. The molecule has 11 heteroatoms. The van der Waals surface area contributed by atoms with E-state index in [1.807, 2.05) is 4.90 Å². The molecule has 2 atom stereocenters. The molecular formula is C24H32FN5O4S. The fourth-order valence-corrected chi connectivity index (χ4v) is 6.90. The number of halogens is 1. The molecule has 2 heterocycles. The SMILES string of the molecule is COc1ccc(N(CC(=O)N2CCN(c3ccccc3F)CC2)S(=O)(=O)C2C(C)NNC2C)cc1. The van der Waals surface area contributed by atoms with Crippen LogP contribution in [0.2, 0.25) is 0 Å². The van der Waals surface area contributed by atoms with Gasteiger partial charge in [-0.05, 0) is 50.2 Å². The van der Waals surface area contributed by atoms with Gasteiger partial charge in [0, 0.05) is 38.3 Å². The van der Waals surface area contributed by atoms with Gasteiger partial charge in [0.2, 0.25) is 15.9 Å². The number of hydrogen-bond donors (Lipinski definition) is 2. The molecule has 9 nitrogen and oxygen atoms in total. The molecule has 2 unspecified atom stereocenters. The number of piperazine rings is 1. The molecule has 0 radical (unpaired) electrons. The molecular weight excluding hydrogens is 473 g/mol. The molecule has 0 spiro atoms. The third kappa shape index (κ3) is 5.21. The second-order valence-electron chi connectivity index (χ2n) is 8.90. The van der Waals surface area contributed by atoms with Crippen molar-refractivity contribution in [2.45, 2.75) is 31.2 Å². The summed E-state index contributed by atoms with van der Waals surface area (Å²) in [5.74, 6) is -0.00417. The molecule has 0 aliphatic carbocycles. The van der Waals surface area contributed by atoms with E-state index < -0.39 is 15.3 Å². The van der Waals surface area contributed by atoms with Crippen LogP contribution < -0.4 is 24.8 Å². The summed E-state index contributed by atoms with van der Waals surface area (Å²) in [6.45, 7) is 4.97. The largest absolute Gasteiger partial charge is 0.497 e. The molecule has 2 aliphatic heterocycles. The summed E-state index contributed by atoms with van der Waals surface area (Å²) in [5.41, 5.74) is 6.87. The van der Waals surface area contributed by atoms with Crippen molar-refractivity contribution in [2.24, 2.45) is 0 Å². The fourth-order valence-electron chi connectivity index (χ4n) is 4.73. The molecule has 2 aliphatic rings. The lowest BCUT2D eigenvalue weighted by Gasteiger charge is -2.37. The van der Waals surface area contributed by atoms with E-state index in [2.05, 4.69) is 10.9 Å². The van der Waals surface area contributed by atoms with Crippen molar-refractivity contribution in [3.63, 3.8) is 0 Å². The van der Waals surface area contributed by atoms with Crippen molar-refractivity contribution >= 4 is 27.3 Å². The van der Waals surface area contributed by atoms with Crippen molar-refractivity contribution in [3.05, 3.63) is 54.3 Å². The molecule has 2 aromatic carbocycles. The third-order valence-electron chi connectivity index (χ3n) is 6.64. The number of nitrogens with one attached hydrogen (secondary N) is 2. The summed E-state index contributed by atoms with van der Waals surface area (Å²) in [7, 11) is -2.37. The molecule has 2 saturated heterocycles. The first-order chi connectivity index (χ1) is 16.7. The highest BCUT2D eigenvalue weighted by atomic mass is 32.2. The van der Waals surface area contributed by atoms with Crippen LogP contribution in [0.1, 0.15) is 13.8 Å². The number of anilines is 2. The number of benzene rings is 2. The first-order valence-electron chi connectivity index (χ1n) is 11.7. The standard InChI is InChI=1S/C24H32FN5O4S/c1-17-24(18(2)27-26-17)35(32,33)30(19-8-10-20(34-3)11-9-19)16-23(31)29-14-12-28(13-15-29)22-7-5-4-6-21(22)25/h4-11,17-18,24,26-27H,12-16H2,1-3H3.